The minimum atomic E-state index is -3.52. The van der Waals surface area contributed by atoms with E-state index in [-0.39, 0.29) is 23.5 Å². The molecule has 0 radical (unpaired) electrons. The molecule has 0 aromatic heterocycles. The zero-order valence-corrected chi connectivity index (χ0v) is 19.1. The molecule has 0 aliphatic carbocycles. The van der Waals surface area contributed by atoms with Gasteiger partial charge in [-0.05, 0) is 49.2 Å². The average molecular weight is 446 g/mol. The van der Waals surface area contributed by atoms with E-state index >= 15 is 0 Å². The highest BCUT2D eigenvalue weighted by Crippen LogP contribution is 2.39. The van der Waals surface area contributed by atoms with Crippen molar-refractivity contribution in [1.29, 1.82) is 0 Å². The highest BCUT2D eigenvalue weighted by molar-refractivity contribution is 7.89. The molecule has 0 bridgehead atoms. The smallest absolute Gasteiger partial charge is 0.414 e. The van der Waals surface area contributed by atoms with Crippen molar-refractivity contribution >= 4 is 33.4 Å². The van der Waals surface area contributed by atoms with Crippen molar-refractivity contribution < 1.29 is 22.7 Å². The number of anilines is 2. The fraction of sp³-hybridized carbons (Fsp3) is 0.364. The summed E-state index contributed by atoms with van der Waals surface area (Å²) < 4.78 is 31.0. The van der Waals surface area contributed by atoms with Gasteiger partial charge in [0.25, 0.3) is 0 Å². The summed E-state index contributed by atoms with van der Waals surface area (Å²) in [6.45, 7) is 5.69. The quantitative estimate of drug-likeness (QED) is 0.721. The van der Waals surface area contributed by atoms with Crippen LogP contribution >= 0.6 is 0 Å². The molecule has 166 valence electrons. The molecule has 0 unspecified atom stereocenters. The molecule has 0 spiro atoms. The van der Waals surface area contributed by atoms with E-state index in [2.05, 4.69) is 0 Å². The van der Waals surface area contributed by atoms with E-state index < -0.39 is 16.1 Å². The second kappa shape index (κ2) is 8.68. The summed E-state index contributed by atoms with van der Waals surface area (Å²) >= 11 is 0. The molecule has 1 heterocycles. The molecular formula is C22H27N3O5S. The number of amides is 2. The maximum Gasteiger partial charge on any atom is 0.414 e. The lowest BCUT2D eigenvalue weighted by Gasteiger charge is -2.40. The van der Waals surface area contributed by atoms with Crippen molar-refractivity contribution in [3.8, 4) is 11.1 Å². The number of hydrogen-bond donors (Lipinski definition) is 0. The van der Waals surface area contributed by atoms with Crippen LogP contribution in [0.15, 0.2) is 47.4 Å². The molecule has 1 aliphatic rings. The van der Waals surface area contributed by atoms with E-state index in [1.54, 1.807) is 42.2 Å². The Hall–Kier alpha value is -2.91. The van der Waals surface area contributed by atoms with Gasteiger partial charge >= 0.3 is 6.09 Å². The van der Waals surface area contributed by atoms with Gasteiger partial charge in [-0.15, -0.1) is 0 Å². The lowest BCUT2D eigenvalue weighted by atomic mass is 10.0. The van der Waals surface area contributed by atoms with Gasteiger partial charge in [0.05, 0.1) is 28.9 Å². The van der Waals surface area contributed by atoms with Crippen LogP contribution in [-0.2, 0) is 19.6 Å². The van der Waals surface area contributed by atoms with Gasteiger partial charge in [-0.25, -0.2) is 17.5 Å². The topological polar surface area (TPSA) is 87.2 Å². The number of ether oxygens (including phenoxy) is 1. The van der Waals surface area contributed by atoms with E-state index in [0.29, 0.717) is 17.9 Å². The summed E-state index contributed by atoms with van der Waals surface area (Å²) in [6.07, 6.45) is -0.469. The third-order valence-corrected chi connectivity index (χ3v) is 7.04. The van der Waals surface area contributed by atoms with E-state index in [9.17, 15) is 18.0 Å². The Morgan fingerprint density at radius 3 is 2.23 bits per heavy atom. The zero-order valence-electron chi connectivity index (χ0n) is 18.3. The van der Waals surface area contributed by atoms with Gasteiger partial charge in [0.15, 0.2) is 0 Å². The number of rotatable bonds is 4. The van der Waals surface area contributed by atoms with Crippen LogP contribution in [-0.4, -0.2) is 58.0 Å². The minimum Gasteiger partial charge on any atom is -0.449 e. The summed E-state index contributed by atoms with van der Waals surface area (Å²) in [5.41, 5.74) is 2.79. The largest absolute Gasteiger partial charge is 0.449 e. The van der Waals surface area contributed by atoms with Crippen molar-refractivity contribution in [2.45, 2.75) is 31.7 Å². The van der Waals surface area contributed by atoms with E-state index in [4.69, 9.17) is 4.74 Å². The Labute approximate surface area is 183 Å². The van der Waals surface area contributed by atoms with Gasteiger partial charge < -0.3 is 9.64 Å². The van der Waals surface area contributed by atoms with Gasteiger partial charge in [0.2, 0.25) is 15.9 Å². The van der Waals surface area contributed by atoms with Crippen molar-refractivity contribution in [3.63, 3.8) is 0 Å². The number of sulfonamides is 1. The number of nitrogens with zero attached hydrogens (tertiary/aromatic N) is 3. The molecule has 31 heavy (non-hydrogen) atoms. The maximum atomic E-state index is 12.6. The molecule has 1 aliphatic heterocycles. The molecule has 0 N–H and O–H groups in total. The summed E-state index contributed by atoms with van der Waals surface area (Å²) in [6, 6.07) is 11.8. The van der Waals surface area contributed by atoms with Crippen LogP contribution < -0.4 is 9.80 Å². The predicted octanol–water partition coefficient (Wildman–Crippen LogP) is 3.32. The monoisotopic (exact) mass is 445 g/mol. The average Bonchev–Trinajstić information content (AvgIpc) is 2.72. The first kappa shape index (κ1) is 22.8. The van der Waals surface area contributed by atoms with Crippen molar-refractivity contribution in [2.24, 2.45) is 0 Å². The summed E-state index contributed by atoms with van der Waals surface area (Å²) in [7, 11) is -0.551. The van der Waals surface area contributed by atoms with E-state index in [0.717, 1.165) is 15.4 Å². The molecule has 8 nitrogen and oxygen atoms in total. The molecule has 0 saturated carbocycles. The normalized spacial score (nSPS) is 16.3. The first-order valence-corrected chi connectivity index (χ1v) is 11.4. The zero-order chi connectivity index (χ0) is 22.9. The maximum absolute atomic E-state index is 12.6. The molecule has 3 rings (SSSR count). The standard InChI is InChI=1S/C22H27N3O5S/c1-6-30-22(27)24-14-15(2)25(16(3)26)20-12-9-18(13-21(20)24)17-7-10-19(11-8-17)31(28,29)23(4)5/h7-13,15H,6,14H2,1-5H3/t15-/m0/s1. The Bertz CT molecular complexity index is 1100. The molecular weight excluding hydrogens is 418 g/mol. The Morgan fingerprint density at radius 1 is 1.06 bits per heavy atom. The Balaban J connectivity index is 2.06. The van der Waals surface area contributed by atoms with Crippen molar-refractivity contribution in [1.82, 2.24) is 4.31 Å². The van der Waals surface area contributed by atoms with Crippen LogP contribution in [0, 0.1) is 0 Å². The van der Waals surface area contributed by atoms with Gasteiger partial charge in [-0.1, -0.05) is 18.2 Å². The molecule has 2 aromatic rings. The fourth-order valence-electron chi connectivity index (χ4n) is 3.69. The second-order valence-corrected chi connectivity index (χ2v) is 9.71. The summed E-state index contributed by atoms with van der Waals surface area (Å²) in [4.78, 5) is 28.2. The van der Waals surface area contributed by atoms with Gasteiger partial charge in [-0.2, -0.15) is 0 Å². The third kappa shape index (κ3) is 4.28. The number of carbonyl (C=O) groups is 2. The number of hydrogen-bond acceptors (Lipinski definition) is 5. The summed E-state index contributed by atoms with van der Waals surface area (Å²) in [5.74, 6) is -0.108. The van der Waals surface area contributed by atoms with Crippen LogP contribution in [0.4, 0.5) is 16.2 Å². The molecule has 1 atom stereocenters. The second-order valence-electron chi connectivity index (χ2n) is 7.56. The van der Waals surface area contributed by atoms with Gasteiger partial charge in [0.1, 0.15) is 0 Å². The first-order valence-electron chi connectivity index (χ1n) is 9.99. The van der Waals surface area contributed by atoms with Crippen LogP contribution in [0.25, 0.3) is 11.1 Å². The first-order chi connectivity index (χ1) is 14.6. The van der Waals surface area contributed by atoms with Gasteiger partial charge in [0, 0.05) is 27.6 Å². The van der Waals surface area contributed by atoms with Crippen LogP contribution in [0.1, 0.15) is 20.8 Å². The van der Waals surface area contributed by atoms with Crippen molar-refractivity contribution in [2.75, 3.05) is 37.0 Å². The molecule has 0 fully saturated rings. The highest BCUT2D eigenvalue weighted by atomic mass is 32.2. The lowest BCUT2D eigenvalue weighted by molar-refractivity contribution is -0.117. The van der Waals surface area contributed by atoms with Crippen LogP contribution in [0.2, 0.25) is 0 Å². The molecule has 2 aromatic carbocycles. The Kier molecular flexibility index (Phi) is 6.38. The van der Waals surface area contributed by atoms with E-state index in [1.807, 2.05) is 19.1 Å². The number of benzene rings is 2. The molecule has 2 amide bonds. The van der Waals surface area contributed by atoms with Crippen LogP contribution in [0.3, 0.4) is 0 Å². The van der Waals surface area contributed by atoms with Crippen LogP contribution in [0.5, 0.6) is 0 Å². The Morgan fingerprint density at radius 2 is 1.68 bits per heavy atom. The lowest BCUT2D eigenvalue weighted by Crippen LogP contribution is -2.51. The van der Waals surface area contributed by atoms with Crippen molar-refractivity contribution in [3.05, 3.63) is 42.5 Å². The SMILES string of the molecule is CCOC(=O)N1C[C@H](C)N(C(C)=O)c2ccc(-c3ccc(S(=O)(=O)N(C)C)cc3)cc21. The number of carbonyl (C=O) groups excluding carboxylic acids is 2. The highest BCUT2D eigenvalue weighted by Gasteiger charge is 2.34. The predicted molar refractivity (Wildman–Crippen MR) is 120 cm³/mol. The van der Waals surface area contributed by atoms with E-state index in [1.165, 1.54) is 25.9 Å². The molecule has 0 saturated heterocycles. The third-order valence-electron chi connectivity index (χ3n) is 5.21. The fourth-order valence-corrected chi connectivity index (χ4v) is 4.59. The number of fused-ring (bicyclic) bond motifs is 1. The van der Waals surface area contributed by atoms with Gasteiger partial charge in [-0.3, -0.25) is 9.69 Å². The molecule has 9 heteroatoms. The minimum absolute atomic E-state index is 0.108. The summed E-state index contributed by atoms with van der Waals surface area (Å²) in [5, 5.41) is 0.